The van der Waals surface area contributed by atoms with Crippen molar-refractivity contribution in [2.75, 3.05) is 12.3 Å². The Kier molecular flexibility index (Phi) is 6.66. The first-order valence-corrected chi connectivity index (χ1v) is 10.4. The van der Waals surface area contributed by atoms with E-state index in [2.05, 4.69) is 38.9 Å². The monoisotopic (exact) mass is 373 g/mol. The van der Waals surface area contributed by atoms with Crippen molar-refractivity contribution in [2.45, 2.75) is 57.1 Å². The van der Waals surface area contributed by atoms with Gasteiger partial charge in [0.1, 0.15) is 0 Å². The molecule has 2 aromatic rings. The maximum Gasteiger partial charge on any atom is 0.230 e. The zero-order valence-electron chi connectivity index (χ0n) is 15.5. The fourth-order valence-corrected chi connectivity index (χ4v) is 4.31. The number of pyridine rings is 1. The van der Waals surface area contributed by atoms with Gasteiger partial charge in [-0.1, -0.05) is 38.5 Å². The Labute approximate surface area is 159 Å². The van der Waals surface area contributed by atoms with Crippen LogP contribution in [0.15, 0.2) is 29.7 Å². The van der Waals surface area contributed by atoms with Crippen molar-refractivity contribution in [2.24, 2.45) is 5.92 Å². The van der Waals surface area contributed by atoms with E-state index in [4.69, 9.17) is 0 Å². The Morgan fingerprint density at radius 1 is 1.35 bits per heavy atom. The summed E-state index contributed by atoms with van der Waals surface area (Å²) in [5, 5.41) is 12.6. The molecule has 3 rings (SSSR count). The topological polar surface area (TPSA) is 72.7 Å². The lowest BCUT2D eigenvalue weighted by Crippen LogP contribution is -2.26. The second kappa shape index (κ2) is 9.16. The molecule has 1 aliphatic rings. The second-order valence-electron chi connectivity index (χ2n) is 6.89. The smallest absolute Gasteiger partial charge is 0.230 e. The molecule has 2 aromatic heterocycles. The van der Waals surface area contributed by atoms with E-state index in [9.17, 15) is 4.79 Å². The lowest BCUT2D eigenvalue weighted by molar-refractivity contribution is -0.118. The van der Waals surface area contributed by atoms with Crippen LogP contribution in [-0.2, 0) is 4.79 Å². The Balaban J connectivity index is 1.86. The number of nitrogens with zero attached hydrogens (tertiary/aromatic N) is 4. The van der Waals surface area contributed by atoms with Gasteiger partial charge in [-0.05, 0) is 37.3 Å². The molecular weight excluding hydrogens is 346 g/mol. The van der Waals surface area contributed by atoms with Gasteiger partial charge in [0.2, 0.25) is 5.91 Å². The highest BCUT2D eigenvalue weighted by Gasteiger charge is 2.28. The van der Waals surface area contributed by atoms with E-state index >= 15 is 0 Å². The number of hydrogen-bond donors (Lipinski definition) is 1. The molecule has 140 valence electrons. The molecule has 0 aromatic carbocycles. The van der Waals surface area contributed by atoms with Crippen LogP contribution in [0.3, 0.4) is 0 Å². The van der Waals surface area contributed by atoms with Gasteiger partial charge in [0.25, 0.3) is 0 Å². The van der Waals surface area contributed by atoms with Crippen LogP contribution < -0.4 is 5.32 Å². The van der Waals surface area contributed by atoms with E-state index in [0.717, 1.165) is 29.4 Å². The summed E-state index contributed by atoms with van der Waals surface area (Å²) in [5.41, 5.74) is 0.972. The number of hydrogen-bond acceptors (Lipinski definition) is 5. The Morgan fingerprint density at radius 3 is 2.92 bits per heavy atom. The number of thioether (sulfide) groups is 1. The quantitative estimate of drug-likeness (QED) is 0.749. The third-order valence-corrected chi connectivity index (χ3v) is 5.83. The zero-order chi connectivity index (χ0) is 18.4. The maximum atomic E-state index is 12.0. The molecule has 2 heterocycles. The molecule has 1 amide bonds. The van der Waals surface area contributed by atoms with Gasteiger partial charge in [0.05, 0.1) is 5.75 Å². The molecule has 2 atom stereocenters. The summed E-state index contributed by atoms with van der Waals surface area (Å²) in [5.74, 6) is 1.84. The van der Waals surface area contributed by atoms with E-state index in [1.54, 1.807) is 6.20 Å². The van der Waals surface area contributed by atoms with Gasteiger partial charge in [0, 0.05) is 30.5 Å². The first kappa shape index (κ1) is 18.9. The van der Waals surface area contributed by atoms with Crippen molar-refractivity contribution in [3.05, 3.63) is 24.5 Å². The summed E-state index contributed by atoms with van der Waals surface area (Å²) >= 11 is 1.47. The first-order chi connectivity index (χ1) is 12.7. The molecule has 0 saturated heterocycles. The van der Waals surface area contributed by atoms with Gasteiger partial charge in [-0.2, -0.15) is 0 Å². The minimum absolute atomic E-state index is 0.0472. The number of aromatic nitrogens is 4. The fraction of sp³-hybridized carbons (Fsp3) is 0.579. The molecule has 1 fully saturated rings. The summed E-state index contributed by atoms with van der Waals surface area (Å²) < 4.78 is 2.25. The van der Waals surface area contributed by atoms with Gasteiger partial charge in [-0.15, -0.1) is 10.2 Å². The van der Waals surface area contributed by atoms with Crippen LogP contribution in [0.25, 0.3) is 11.4 Å². The van der Waals surface area contributed by atoms with E-state index in [-0.39, 0.29) is 5.91 Å². The minimum atomic E-state index is 0.0472. The molecule has 0 bridgehead atoms. The first-order valence-electron chi connectivity index (χ1n) is 9.45. The molecule has 6 nitrogen and oxygen atoms in total. The van der Waals surface area contributed by atoms with Crippen molar-refractivity contribution < 1.29 is 4.79 Å². The van der Waals surface area contributed by atoms with Crippen LogP contribution in [0.1, 0.15) is 52.0 Å². The molecule has 0 aliphatic heterocycles. The summed E-state index contributed by atoms with van der Waals surface area (Å²) in [6.45, 7) is 5.07. The van der Waals surface area contributed by atoms with E-state index in [1.165, 1.54) is 31.0 Å². The number of nitrogens with one attached hydrogen (secondary N) is 1. The lowest BCUT2D eigenvalue weighted by atomic mass is 9.85. The summed E-state index contributed by atoms with van der Waals surface area (Å²) in [7, 11) is 0. The highest BCUT2D eigenvalue weighted by Crippen LogP contribution is 2.38. The molecule has 1 saturated carbocycles. The van der Waals surface area contributed by atoms with Gasteiger partial charge >= 0.3 is 0 Å². The molecular formula is C19H27N5OS. The van der Waals surface area contributed by atoms with E-state index < -0.39 is 0 Å². The lowest BCUT2D eigenvalue weighted by Gasteiger charge is -2.31. The van der Waals surface area contributed by atoms with Gasteiger partial charge in [-0.25, -0.2) is 0 Å². The third-order valence-electron chi connectivity index (χ3n) is 4.89. The standard InChI is InChI=1S/C19H27N5OS/c1-3-10-21-17(25)13-26-19-23-22-18(15-8-6-11-20-12-15)24(19)16-9-5-4-7-14(16)2/h6,8,11-12,14,16H,3-5,7,9-10,13H2,1-2H3,(H,21,25). The number of carbonyl (C=O) groups excluding carboxylic acids is 1. The third kappa shape index (κ3) is 4.44. The Morgan fingerprint density at radius 2 is 2.19 bits per heavy atom. The Bertz CT molecular complexity index is 718. The van der Waals surface area contributed by atoms with Crippen molar-refractivity contribution in [1.82, 2.24) is 25.1 Å². The van der Waals surface area contributed by atoms with Crippen LogP contribution in [0.5, 0.6) is 0 Å². The second-order valence-corrected chi connectivity index (χ2v) is 7.83. The van der Waals surface area contributed by atoms with Crippen LogP contribution in [-0.4, -0.2) is 38.0 Å². The molecule has 0 radical (unpaired) electrons. The number of rotatable bonds is 7. The van der Waals surface area contributed by atoms with Crippen LogP contribution in [0, 0.1) is 5.92 Å². The molecule has 2 unspecified atom stereocenters. The maximum absolute atomic E-state index is 12.0. The largest absolute Gasteiger partial charge is 0.355 e. The molecule has 1 N–H and O–H groups in total. The predicted molar refractivity (Wildman–Crippen MR) is 104 cm³/mol. The van der Waals surface area contributed by atoms with Crippen LogP contribution in [0.4, 0.5) is 0 Å². The minimum Gasteiger partial charge on any atom is -0.355 e. The average Bonchev–Trinajstić information content (AvgIpc) is 3.09. The SMILES string of the molecule is CCCNC(=O)CSc1nnc(-c2cccnc2)n1C1CCCCC1C. The average molecular weight is 374 g/mol. The molecule has 0 spiro atoms. The molecule has 26 heavy (non-hydrogen) atoms. The summed E-state index contributed by atoms with van der Waals surface area (Å²) in [6, 6.07) is 4.31. The highest BCUT2D eigenvalue weighted by molar-refractivity contribution is 7.99. The van der Waals surface area contributed by atoms with Gasteiger partial charge in [-0.3, -0.25) is 14.3 Å². The van der Waals surface area contributed by atoms with Crippen molar-refractivity contribution in [1.29, 1.82) is 0 Å². The zero-order valence-corrected chi connectivity index (χ0v) is 16.3. The number of amides is 1. The fourth-order valence-electron chi connectivity index (χ4n) is 3.49. The predicted octanol–water partition coefficient (Wildman–Crippen LogP) is 3.71. The highest BCUT2D eigenvalue weighted by atomic mass is 32.2. The molecule has 7 heteroatoms. The van der Waals surface area contributed by atoms with Crippen LogP contribution >= 0.6 is 11.8 Å². The van der Waals surface area contributed by atoms with Gasteiger partial charge < -0.3 is 5.32 Å². The normalized spacial score (nSPS) is 20.1. The summed E-state index contributed by atoms with van der Waals surface area (Å²) in [6.07, 6.45) is 9.39. The Hall–Kier alpha value is -1.89. The van der Waals surface area contributed by atoms with Crippen molar-refractivity contribution in [3.63, 3.8) is 0 Å². The van der Waals surface area contributed by atoms with Crippen molar-refractivity contribution in [3.8, 4) is 11.4 Å². The van der Waals surface area contributed by atoms with Crippen LogP contribution in [0.2, 0.25) is 0 Å². The van der Waals surface area contributed by atoms with E-state index in [0.29, 0.717) is 24.3 Å². The van der Waals surface area contributed by atoms with Gasteiger partial charge in [0.15, 0.2) is 11.0 Å². The van der Waals surface area contributed by atoms with E-state index in [1.807, 2.05) is 18.3 Å². The number of carbonyl (C=O) groups is 1. The molecule has 1 aliphatic carbocycles. The summed E-state index contributed by atoms with van der Waals surface area (Å²) in [4.78, 5) is 16.2. The van der Waals surface area contributed by atoms with Crippen molar-refractivity contribution >= 4 is 17.7 Å².